The van der Waals surface area contributed by atoms with Gasteiger partial charge in [-0.25, -0.2) is 19.9 Å². The maximum atomic E-state index is 4.98. The average Bonchev–Trinajstić information content (AvgIpc) is 3.11. The van der Waals surface area contributed by atoms with Crippen molar-refractivity contribution in [1.82, 2.24) is 29.9 Å². The molecule has 4 rings (SSSR count). The molecule has 0 aliphatic carbocycles. The number of halogens is 1. The number of rotatable bonds is 11. The van der Waals surface area contributed by atoms with E-state index >= 15 is 0 Å². The van der Waals surface area contributed by atoms with Crippen molar-refractivity contribution in [2.45, 2.75) is 177 Å². The Labute approximate surface area is 343 Å². The van der Waals surface area contributed by atoms with Gasteiger partial charge in [-0.3, -0.25) is 4.98 Å². The molecule has 4 aromatic rings. The van der Waals surface area contributed by atoms with Gasteiger partial charge in [0.15, 0.2) is 0 Å². The van der Waals surface area contributed by atoms with Crippen molar-refractivity contribution in [2.75, 3.05) is 0 Å². The maximum absolute atomic E-state index is 4.98. The Morgan fingerprint density at radius 1 is 0.500 bits per heavy atom. The molecule has 0 spiro atoms. The topological polar surface area (TPSA) is 77.3 Å². The van der Waals surface area contributed by atoms with Crippen LogP contribution >= 0.6 is 15.9 Å². The normalized spacial score (nSPS) is 12.4. The molecule has 0 aliphatic heterocycles. The van der Waals surface area contributed by atoms with E-state index in [1.54, 1.807) is 16.1 Å². The van der Waals surface area contributed by atoms with Gasteiger partial charge in [0, 0.05) is 47.4 Å². The first-order valence-electron chi connectivity index (χ1n) is 20.3. The summed E-state index contributed by atoms with van der Waals surface area (Å²) in [6.45, 7) is 33.2. The van der Waals surface area contributed by atoms with Crippen molar-refractivity contribution in [3.63, 3.8) is 0 Å². The number of hydrogen-bond acceptors (Lipinski definition) is 6. The summed E-state index contributed by atoms with van der Waals surface area (Å²) >= 11 is 0.935. The van der Waals surface area contributed by atoms with Crippen LogP contribution in [0, 0.1) is 0 Å². The molecule has 4 aromatic heterocycles. The molecule has 6 nitrogen and oxygen atoms in total. The summed E-state index contributed by atoms with van der Waals surface area (Å²) < 4.78 is 7.01. The molecule has 0 saturated heterocycles. The van der Waals surface area contributed by atoms with Gasteiger partial charge < -0.3 is 0 Å². The molecule has 0 saturated carbocycles. The molecule has 0 N–H and O–H groups in total. The predicted octanol–water partition coefficient (Wildman–Crippen LogP) is 13.1. The monoisotopic (exact) mass is 908 g/mol. The number of pyridine rings is 2. The Morgan fingerprint density at radius 3 is 1.28 bits per heavy atom. The molecule has 4 heterocycles. The van der Waals surface area contributed by atoms with Gasteiger partial charge in [-0.2, -0.15) is 0 Å². The Kier molecular flexibility index (Phi) is 18.9. The van der Waals surface area contributed by atoms with Crippen LogP contribution in [0.15, 0.2) is 65.9 Å². The Bertz CT molecular complexity index is 1640. The average molecular weight is 909 g/mol. The third-order valence-corrected chi connectivity index (χ3v) is 25.2. The van der Waals surface area contributed by atoms with Crippen LogP contribution < -0.4 is 3.71 Å². The van der Waals surface area contributed by atoms with Crippen LogP contribution in [0.4, 0.5) is 0 Å². The van der Waals surface area contributed by atoms with E-state index in [4.69, 9.17) is 4.98 Å². The van der Waals surface area contributed by atoms with E-state index in [-0.39, 0.29) is 21.7 Å². The zero-order chi connectivity index (χ0) is 40.8. The second-order valence-corrected chi connectivity index (χ2v) is 32.9. The van der Waals surface area contributed by atoms with Gasteiger partial charge in [0.2, 0.25) is 0 Å². The molecule has 8 heteroatoms. The first kappa shape index (κ1) is 47.9. The van der Waals surface area contributed by atoms with E-state index in [1.165, 1.54) is 63.0 Å². The molecule has 54 heavy (non-hydrogen) atoms. The van der Waals surface area contributed by atoms with E-state index in [9.17, 15) is 0 Å². The molecule has 0 fully saturated rings. The van der Waals surface area contributed by atoms with Crippen LogP contribution in [0.2, 0.25) is 13.3 Å². The zero-order valence-corrected chi connectivity index (χ0v) is 41.1. The van der Waals surface area contributed by atoms with Crippen LogP contribution in [0.3, 0.4) is 0 Å². The second kappa shape index (κ2) is 21.3. The fourth-order valence-corrected chi connectivity index (χ4v) is 21.8. The van der Waals surface area contributed by atoms with Gasteiger partial charge in [0.05, 0.1) is 10.2 Å². The van der Waals surface area contributed by atoms with E-state index in [1.807, 2.05) is 18.6 Å². The summed E-state index contributed by atoms with van der Waals surface area (Å²) in [5.41, 5.74) is 5.00. The fraction of sp³-hybridized carbons (Fsp3) is 0.609. The van der Waals surface area contributed by atoms with E-state index in [0.29, 0.717) is 0 Å². The minimum atomic E-state index is -2.35. The van der Waals surface area contributed by atoms with Crippen molar-refractivity contribution in [3.8, 4) is 11.3 Å². The molecule has 0 unspecified atom stereocenters. The van der Waals surface area contributed by atoms with Gasteiger partial charge in [0.1, 0.15) is 11.6 Å². The summed E-state index contributed by atoms with van der Waals surface area (Å²) in [7, 11) is 0. The third kappa shape index (κ3) is 15.7. The van der Waals surface area contributed by atoms with Crippen LogP contribution in [0.5, 0.6) is 0 Å². The van der Waals surface area contributed by atoms with Crippen molar-refractivity contribution in [3.05, 3.63) is 88.7 Å². The van der Waals surface area contributed by atoms with Crippen LogP contribution in [-0.4, -0.2) is 48.3 Å². The van der Waals surface area contributed by atoms with Gasteiger partial charge in [-0.15, -0.1) is 0 Å². The van der Waals surface area contributed by atoms with Crippen molar-refractivity contribution in [1.29, 1.82) is 0 Å². The van der Waals surface area contributed by atoms with Gasteiger partial charge >= 0.3 is 150 Å². The zero-order valence-electron chi connectivity index (χ0n) is 36.7. The molecule has 0 atom stereocenters. The molecular weight excluding hydrogens is 835 g/mol. The molecule has 0 aromatic carbocycles. The van der Waals surface area contributed by atoms with Gasteiger partial charge in [0.25, 0.3) is 0 Å². The summed E-state index contributed by atoms with van der Waals surface area (Å²) in [5.74, 6) is 1.73. The quantitative estimate of drug-likeness (QED) is 0.140. The number of aromatic nitrogens is 6. The Morgan fingerprint density at radius 2 is 0.889 bits per heavy atom. The Hall–Kier alpha value is -2.26. The Balaban J connectivity index is 0.000000296. The van der Waals surface area contributed by atoms with E-state index in [0.717, 1.165) is 27.4 Å². The van der Waals surface area contributed by atoms with Crippen LogP contribution in [0.25, 0.3) is 11.3 Å². The van der Waals surface area contributed by atoms with Gasteiger partial charge in [-0.05, 0) is 39.0 Å². The van der Waals surface area contributed by atoms with Crippen LogP contribution in [0.1, 0.15) is 165 Å². The number of unbranched alkanes of at least 4 members (excludes halogenated alkanes) is 3. The molecular formula is C46H73BrN6Sn. The molecule has 0 aliphatic rings. The van der Waals surface area contributed by atoms with Gasteiger partial charge in [-0.1, -0.05) is 62.3 Å². The minimum absolute atomic E-state index is 0.0286. The number of hydrogen-bond donors (Lipinski definition) is 0. The standard InChI is InChI=1S/C17H23N3.C9H12N.C8H11BrN2.3C4H9.Sn/c1-16(2,3)13-7-8-18-14(9-13)12-10-19-15(20-11-12)17(4,5)6;1-9(2,3)8-4-6-10-7-5-8;1-8(2,3)7-10-4-6(9)5-11-7;3*1-3-4-2;/h7-11H,1-6H3;4-6H,1-3H3;4-5H,1-3H3;3*1,3-4H2,2H3;. The van der Waals surface area contributed by atoms with Crippen LogP contribution in [-0.2, 0) is 21.7 Å². The summed E-state index contributed by atoms with van der Waals surface area (Å²) in [4.78, 5) is 26.7. The van der Waals surface area contributed by atoms with Crippen molar-refractivity contribution >= 4 is 38.0 Å². The fourth-order valence-electron chi connectivity index (χ4n) is 6.09. The summed E-state index contributed by atoms with van der Waals surface area (Å²) in [6, 6.07) is 8.93. The predicted molar refractivity (Wildman–Crippen MR) is 239 cm³/mol. The SMILES string of the molecule is CC(C)(C)c1ccnc(-c2cnc(C(C)(C)C)nc2)c1.CC(C)(C)c1ncc(Br)cn1.CCC[CH2][Sn]([CH2]CCC)([CH2]CCC)[c]1cc(C(C)(C)C)ccn1. The summed E-state index contributed by atoms with van der Waals surface area (Å²) in [6.07, 6.45) is 19.4. The molecule has 0 radical (unpaired) electrons. The third-order valence-electron chi connectivity index (χ3n) is 9.73. The van der Waals surface area contributed by atoms with Crippen molar-refractivity contribution in [2.24, 2.45) is 0 Å². The van der Waals surface area contributed by atoms with Crippen molar-refractivity contribution < 1.29 is 0 Å². The molecule has 298 valence electrons. The molecule has 0 amide bonds. The molecule has 0 bridgehead atoms. The van der Waals surface area contributed by atoms with E-state index < -0.39 is 18.4 Å². The summed E-state index contributed by atoms with van der Waals surface area (Å²) in [5, 5.41) is 0. The first-order chi connectivity index (χ1) is 25.1. The number of nitrogens with zero attached hydrogens (tertiary/aromatic N) is 6. The first-order valence-corrected chi connectivity index (χ1v) is 28.6. The second-order valence-electron chi connectivity index (χ2n) is 19.0. The van der Waals surface area contributed by atoms with E-state index in [2.05, 4.69) is 175 Å².